The minimum absolute atomic E-state index is 0.0379. The third kappa shape index (κ3) is 3.73. The van der Waals surface area contributed by atoms with Crippen LogP contribution < -0.4 is 0 Å². The summed E-state index contributed by atoms with van der Waals surface area (Å²) in [6.45, 7) is 0. The minimum Gasteiger partial charge on any atom is -0.274 e. The molecule has 0 bridgehead atoms. The van der Waals surface area contributed by atoms with Crippen LogP contribution >= 0.6 is 23.1 Å². The summed E-state index contributed by atoms with van der Waals surface area (Å²) in [5.41, 5.74) is 0.145. The van der Waals surface area contributed by atoms with Gasteiger partial charge in [0.05, 0.1) is 5.56 Å². The van der Waals surface area contributed by atoms with Crippen LogP contribution in [-0.2, 0) is 19.0 Å². The Morgan fingerprint density at radius 1 is 1.17 bits per heavy atom. The van der Waals surface area contributed by atoms with Gasteiger partial charge in [-0.15, -0.1) is 10.2 Å². The third-order valence-electron chi connectivity index (χ3n) is 2.94. The molecule has 3 aromatic rings. The Labute approximate surface area is 138 Å². The van der Waals surface area contributed by atoms with Crippen molar-refractivity contribution in [2.75, 3.05) is 0 Å². The molecule has 0 spiro atoms. The summed E-state index contributed by atoms with van der Waals surface area (Å²) in [4.78, 5) is 0. The van der Waals surface area contributed by atoms with E-state index in [-0.39, 0.29) is 10.6 Å². The molecule has 4 nitrogen and oxygen atoms in total. The molecular formula is C14H11F3N4S2. The second-order valence-electron chi connectivity index (χ2n) is 4.71. The Kier molecular flexibility index (Phi) is 4.40. The lowest BCUT2D eigenvalue weighted by Crippen LogP contribution is -2.08. The first kappa shape index (κ1) is 16.0. The van der Waals surface area contributed by atoms with Gasteiger partial charge >= 0.3 is 6.18 Å². The smallest absolute Gasteiger partial charge is 0.274 e. The largest absolute Gasteiger partial charge is 0.435 e. The number of alkyl halides is 3. The second-order valence-corrected chi connectivity index (χ2v) is 6.91. The maximum absolute atomic E-state index is 13.0. The molecule has 0 fully saturated rings. The standard InChI is InChI=1S/C14H11F3N4S2/c1-21-7-10(11(20-21)14(15,16)17)12-18-19-13(23-12)22-8-9-5-3-2-4-6-9/h2-7H,8H2,1H3. The topological polar surface area (TPSA) is 43.6 Å². The highest BCUT2D eigenvalue weighted by Gasteiger charge is 2.38. The molecule has 0 saturated carbocycles. The van der Waals surface area contributed by atoms with Crippen molar-refractivity contribution in [2.45, 2.75) is 16.3 Å². The van der Waals surface area contributed by atoms with Crippen LogP contribution in [0.4, 0.5) is 13.2 Å². The van der Waals surface area contributed by atoms with E-state index in [9.17, 15) is 13.2 Å². The number of hydrogen-bond acceptors (Lipinski definition) is 5. The lowest BCUT2D eigenvalue weighted by atomic mass is 10.2. The highest BCUT2D eigenvalue weighted by Crippen LogP contribution is 2.38. The van der Waals surface area contributed by atoms with Gasteiger partial charge in [-0.1, -0.05) is 53.4 Å². The number of benzene rings is 1. The van der Waals surface area contributed by atoms with Crippen LogP contribution in [0, 0.1) is 0 Å². The van der Waals surface area contributed by atoms with E-state index in [0.717, 1.165) is 21.6 Å². The Morgan fingerprint density at radius 3 is 2.61 bits per heavy atom. The summed E-state index contributed by atoms with van der Waals surface area (Å²) in [7, 11) is 1.45. The van der Waals surface area contributed by atoms with Gasteiger partial charge in [0.15, 0.2) is 15.0 Å². The molecule has 0 aliphatic rings. The van der Waals surface area contributed by atoms with Crippen molar-refractivity contribution in [3.05, 3.63) is 47.8 Å². The zero-order valence-corrected chi connectivity index (χ0v) is 13.5. The van der Waals surface area contributed by atoms with E-state index in [1.54, 1.807) is 0 Å². The second kappa shape index (κ2) is 6.32. The first-order valence-corrected chi connectivity index (χ1v) is 8.35. The number of rotatable bonds is 4. The van der Waals surface area contributed by atoms with Crippen LogP contribution in [0.25, 0.3) is 10.6 Å². The number of hydrogen-bond donors (Lipinski definition) is 0. The molecular weight excluding hydrogens is 345 g/mol. The summed E-state index contributed by atoms with van der Waals surface area (Å²) in [5.74, 6) is 0.689. The number of thioether (sulfide) groups is 1. The third-order valence-corrected chi connectivity index (χ3v) is 5.10. The summed E-state index contributed by atoms with van der Waals surface area (Å²) in [5, 5.41) is 11.6. The van der Waals surface area contributed by atoms with Crippen molar-refractivity contribution < 1.29 is 13.2 Å². The van der Waals surface area contributed by atoms with Gasteiger partial charge in [0.2, 0.25) is 0 Å². The van der Waals surface area contributed by atoms with Crippen molar-refractivity contribution in [1.82, 2.24) is 20.0 Å². The molecule has 0 radical (unpaired) electrons. The van der Waals surface area contributed by atoms with Gasteiger partial charge in [-0.05, 0) is 5.56 Å². The fourth-order valence-electron chi connectivity index (χ4n) is 1.95. The molecule has 0 saturated heterocycles. The average molecular weight is 356 g/mol. The van der Waals surface area contributed by atoms with Crippen LogP contribution in [0.5, 0.6) is 0 Å². The van der Waals surface area contributed by atoms with Gasteiger partial charge in [0, 0.05) is 19.0 Å². The van der Waals surface area contributed by atoms with Crippen molar-refractivity contribution in [1.29, 1.82) is 0 Å². The Morgan fingerprint density at radius 2 is 1.91 bits per heavy atom. The van der Waals surface area contributed by atoms with E-state index in [1.807, 2.05) is 30.3 Å². The SMILES string of the molecule is Cn1cc(-c2nnc(SCc3ccccc3)s2)c(C(F)(F)F)n1. The highest BCUT2D eigenvalue weighted by molar-refractivity contribution is 8.00. The van der Waals surface area contributed by atoms with Gasteiger partial charge in [0.25, 0.3) is 0 Å². The molecule has 0 amide bonds. The lowest BCUT2D eigenvalue weighted by molar-refractivity contribution is -0.140. The molecule has 0 N–H and O–H groups in total. The van der Waals surface area contributed by atoms with E-state index in [4.69, 9.17) is 0 Å². The first-order valence-electron chi connectivity index (χ1n) is 6.55. The molecule has 2 heterocycles. The Hall–Kier alpha value is -1.87. The zero-order chi connectivity index (χ0) is 16.4. The molecule has 9 heteroatoms. The maximum Gasteiger partial charge on any atom is 0.435 e. The molecule has 0 atom stereocenters. The predicted molar refractivity (Wildman–Crippen MR) is 83.1 cm³/mol. The fourth-order valence-corrected chi connectivity index (χ4v) is 3.77. The monoisotopic (exact) mass is 356 g/mol. The van der Waals surface area contributed by atoms with Gasteiger partial charge in [0.1, 0.15) is 0 Å². The first-order chi connectivity index (χ1) is 10.9. The Bertz CT molecular complexity index is 796. The Balaban J connectivity index is 1.80. The van der Waals surface area contributed by atoms with Crippen molar-refractivity contribution >= 4 is 23.1 Å². The quantitative estimate of drug-likeness (QED) is 0.656. The van der Waals surface area contributed by atoms with Crippen LogP contribution in [0.1, 0.15) is 11.3 Å². The van der Waals surface area contributed by atoms with E-state index >= 15 is 0 Å². The van der Waals surface area contributed by atoms with Crippen LogP contribution in [-0.4, -0.2) is 20.0 Å². The fraction of sp³-hybridized carbons (Fsp3) is 0.214. The summed E-state index contributed by atoms with van der Waals surface area (Å²) < 4.78 is 40.8. The van der Waals surface area contributed by atoms with E-state index in [2.05, 4.69) is 15.3 Å². The molecule has 3 rings (SSSR count). The molecule has 0 unspecified atom stereocenters. The van der Waals surface area contributed by atoms with E-state index in [0.29, 0.717) is 10.1 Å². The summed E-state index contributed by atoms with van der Waals surface area (Å²) in [6.07, 6.45) is -3.20. The van der Waals surface area contributed by atoms with Gasteiger partial charge < -0.3 is 0 Å². The summed E-state index contributed by atoms with van der Waals surface area (Å²) in [6, 6.07) is 9.77. The number of aryl methyl sites for hydroxylation is 1. The van der Waals surface area contributed by atoms with Crippen molar-refractivity contribution in [2.24, 2.45) is 7.05 Å². The lowest BCUT2D eigenvalue weighted by Gasteiger charge is -2.03. The predicted octanol–water partition coefficient (Wildman–Crippen LogP) is 4.25. The molecule has 120 valence electrons. The highest BCUT2D eigenvalue weighted by atomic mass is 32.2. The van der Waals surface area contributed by atoms with Crippen molar-refractivity contribution in [3.8, 4) is 10.6 Å². The van der Waals surface area contributed by atoms with Crippen molar-refractivity contribution in [3.63, 3.8) is 0 Å². The van der Waals surface area contributed by atoms with Crippen LogP contribution in [0.15, 0.2) is 40.9 Å². The zero-order valence-electron chi connectivity index (χ0n) is 11.9. The summed E-state index contributed by atoms with van der Waals surface area (Å²) >= 11 is 2.58. The number of halogens is 3. The van der Waals surface area contributed by atoms with Crippen LogP contribution in [0.2, 0.25) is 0 Å². The van der Waals surface area contributed by atoms with E-state index < -0.39 is 11.9 Å². The van der Waals surface area contributed by atoms with E-state index in [1.165, 1.54) is 25.0 Å². The number of aromatic nitrogens is 4. The molecule has 0 aliphatic carbocycles. The maximum atomic E-state index is 13.0. The molecule has 1 aromatic carbocycles. The normalized spacial score (nSPS) is 11.8. The molecule has 2 aromatic heterocycles. The average Bonchev–Trinajstić information content (AvgIpc) is 3.12. The minimum atomic E-state index is -4.51. The van der Waals surface area contributed by atoms with Crippen LogP contribution in [0.3, 0.4) is 0 Å². The van der Waals surface area contributed by atoms with Gasteiger partial charge in [-0.2, -0.15) is 18.3 Å². The van der Waals surface area contributed by atoms with Gasteiger partial charge in [-0.25, -0.2) is 0 Å². The molecule has 0 aliphatic heterocycles. The number of nitrogens with zero attached hydrogens (tertiary/aromatic N) is 4. The van der Waals surface area contributed by atoms with Gasteiger partial charge in [-0.3, -0.25) is 4.68 Å². The molecule has 23 heavy (non-hydrogen) atoms.